The van der Waals surface area contributed by atoms with Gasteiger partial charge in [-0.05, 0) is 111 Å². The molecule has 4 saturated heterocycles. The molecule has 0 radical (unpaired) electrons. The van der Waals surface area contributed by atoms with Gasteiger partial charge in [-0.25, -0.2) is 0 Å². The summed E-state index contributed by atoms with van der Waals surface area (Å²) < 4.78 is 48.4. The summed E-state index contributed by atoms with van der Waals surface area (Å²) >= 11 is 0. The van der Waals surface area contributed by atoms with Crippen LogP contribution < -0.4 is 0 Å². The molecule has 9 rings (SSSR count). The van der Waals surface area contributed by atoms with Gasteiger partial charge >= 0.3 is 5.97 Å². The van der Waals surface area contributed by atoms with Crippen LogP contribution in [0.1, 0.15) is 113 Å². The predicted octanol–water partition coefficient (Wildman–Crippen LogP) is -1.40. The van der Waals surface area contributed by atoms with Gasteiger partial charge in [0.1, 0.15) is 85.5 Å². The summed E-state index contributed by atoms with van der Waals surface area (Å²) in [7, 11) is 0. The van der Waals surface area contributed by atoms with Gasteiger partial charge in [0.25, 0.3) is 0 Å². The molecule has 4 heterocycles. The van der Waals surface area contributed by atoms with Crippen LogP contribution in [0.25, 0.3) is 0 Å². The fourth-order valence-corrected chi connectivity index (χ4v) is 16.4. The molecule has 13 N–H and O–H groups in total. The third-order valence-corrected chi connectivity index (χ3v) is 21.4. The number of aliphatic hydroxyl groups is 13. The second-order valence-corrected chi connectivity index (χ2v) is 25.5. The third kappa shape index (κ3) is 9.12. The summed E-state index contributed by atoms with van der Waals surface area (Å²) in [6.07, 6.45) is -22.7. The van der Waals surface area contributed by atoms with Crippen molar-refractivity contribution in [2.24, 2.45) is 50.7 Å². The summed E-state index contributed by atoms with van der Waals surface area (Å²) in [5.41, 5.74) is -3.08. The van der Waals surface area contributed by atoms with Gasteiger partial charge < -0.3 is 104 Å². The van der Waals surface area contributed by atoms with Crippen molar-refractivity contribution < 1.29 is 109 Å². The van der Waals surface area contributed by atoms with Crippen molar-refractivity contribution >= 4 is 5.97 Å². The highest BCUT2D eigenvalue weighted by molar-refractivity contribution is 5.79. The highest BCUT2D eigenvalue weighted by Gasteiger charge is 2.72. The van der Waals surface area contributed by atoms with E-state index in [4.69, 9.17) is 37.9 Å². The molecule has 0 bridgehead atoms. The van der Waals surface area contributed by atoms with E-state index in [2.05, 4.69) is 40.7 Å². The quantitative estimate of drug-likeness (QED) is 0.0680. The van der Waals surface area contributed by atoms with Crippen molar-refractivity contribution in [3.63, 3.8) is 0 Å². The number of fused-ring (bicyclic) bond motifs is 7. The van der Waals surface area contributed by atoms with E-state index in [-0.39, 0.29) is 35.2 Å². The van der Waals surface area contributed by atoms with Crippen LogP contribution in [0.3, 0.4) is 0 Å². The van der Waals surface area contributed by atoms with E-state index in [1.807, 2.05) is 6.92 Å². The highest BCUT2D eigenvalue weighted by Crippen LogP contribution is 2.76. The van der Waals surface area contributed by atoms with Gasteiger partial charge in [-0.15, -0.1) is 0 Å². The third-order valence-electron chi connectivity index (χ3n) is 21.4. The van der Waals surface area contributed by atoms with Crippen LogP contribution in [0.4, 0.5) is 0 Å². The first-order valence-corrected chi connectivity index (χ1v) is 27.3. The van der Waals surface area contributed by atoms with E-state index in [0.717, 1.165) is 24.8 Å². The highest BCUT2D eigenvalue weighted by atomic mass is 16.8. The summed E-state index contributed by atoms with van der Waals surface area (Å²) in [6, 6.07) is 0. The molecule has 430 valence electrons. The van der Waals surface area contributed by atoms with Gasteiger partial charge in [0.15, 0.2) is 18.9 Å². The molecule has 75 heavy (non-hydrogen) atoms. The Hall–Kier alpha value is -1.59. The van der Waals surface area contributed by atoms with Crippen LogP contribution in [-0.4, -0.2) is 221 Å². The average molecular weight is 1080 g/mol. The van der Waals surface area contributed by atoms with E-state index in [1.54, 1.807) is 6.92 Å². The fourth-order valence-electron chi connectivity index (χ4n) is 16.4. The number of carbonyl (C=O) groups excluding carboxylic acids is 1. The molecule has 22 nitrogen and oxygen atoms in total. The molecule has 29 atom stereocenters. The molecule has 0 aromatic carbocycles. The first-order chi connectivity index (χ1) is 35.0. The Labute approximate surface area is 437 Å². The number of hydrogen-bond donors (Lipinski definition) is 13. The fraction of sp³-hybridized carbons (Fsp3) is 0.943. The summed E-state index contributed by atoms with van der Waals surface area (Å²) in [6.45, 7) is 14.8. The van der Waals surface area contributed by atoms with Gasteiger partial charge in [-0.2, -0.15) is 0 Å². The first kappa shape index (κ1) is 58.1. The lowest BCUT2D eigenvalue weighted by Crippen LogP contribution is -2.68. The molecule has 9 aliphatic rings. The van der Waals surface area contributed by atoms with Gasteiger partial charge in [0.2, 0.25) is 6.29 Å². The number of rotatable bonds is 10. The maximum absolute atomic E-state index is 14.8. The minimum Gasteiger partial charge on any atom is -0.432 e. The molecule has 0 spiro atoms. The van der Waals surface area contributed by atoms with Gasteiger partial charge in [-0.3, -0.25) is 4.79 Å². The van der Waals surface area contributed by atoms with Crippen LogP contribution in [0.2, 0.25) is 0 Å². The number of aliphatic hydroxyl groups excluding tert-OH is 12. The minimum atomic E-state index is -1.83. The molecular weight excluding hydrogens is 989 g/mol. The first-order valence-electron chi connectivity index (χ1n) is 27.3. The Morgan fingerprint density at radius 2 is 1.21 bits per heavy atom. The minimum absolute atomic E-state index is 0.0902. The smallest absolute Gasteiger partial charge is 0.315 e. The summed E-state index contributed by atoms with van der Waals surface area (Å²) in [4.78, 5) is 14.8. The topological polar surface area (TPSA) is 354 Å². The van der Waals surface area contributed by atoms with Crippen molar-refractivity contribution in [1.29, 1.82) is 0 Å². The zero-order valence-corrected chi connectivity index (χ0v) is 44.4. The zero-order chi connectivity index (χ0) is 54.9. The van der Waals surface area contributed by atoms with E-state index in [1.165, 1.54) is 6.92 Å². The van der Waals surface area contributed by atoms with Crippen molar-refractivity contribution in [3.05, 3.63) is 11.6 Å². The number of ether oxygens (including phenoxy) is 8. The van der Waals surface area contributed by atoms with Gasteiger partial charge in [-0.1, -0.05) is 53.2 Å². The van der Waals surface area contributed by atoms with Crippen molar-refractivity contribution in [2.75, 3.05) is 19.8 Å². The molecule has 4 saturated carbocycles. The summed E-state index contributed by atoms with van der Waals surface area (Å²) in [5.74, 6) is -1.26. The van der Waals surface area contributed by atoms with Crippen LogP contribution in [0, 0.1) is 50.7 Å². The van der Waals surface area contributed by atoms with Crippen LogP contribution >= 0.6 is 0 Å². The Balaban J connectivity index is 0.958. The Bertz CT molecular complexity index is 2080. The van der Waals surface area contributed by atoms with E-state index >= 15 is 0 Å². The molecule has 0 amide bonds. The predicted molar refractivity (Wildman–Crippen MR) is 257 cm³/mol. The van der Waals surface area contributed by atoms with Crippen molar-refractivity contribution in [1.82, 2.24) is 0 Å². The lowest BCUT2D eigenvalue weighted by Gasteiger charge is -2.72. The Kier molecular flexibility index (Phi) is 16.1. The zero-order valence-electron chi connectivity index (χ0n) is 44.4. The lowest BCUT2D eigenvalue weighted by molar-refractivity contribution is -0.392. The maximum atomic E-state index is 14.8. The number of hydrogen-bond acceptors (Lipinski definition) is 22. The summed E-state index contributed by atoms with van der Waals surface area (Å²) in [5, 5.41) is 141. The Morgan fingerprint density at radius 3 is 1.88 bits per heavy atom. The standard InChI is InChI=1S/C53H86O22/c1-22-11-16-53(47(66)75-44-39(65)36(62)33(59)26(19-54)70-44)18-17-50(6)24(42(53)52(22,8)67)9-10-29-49(5)14-13-30(48(3,4)28(49)12-15-51(29,50)7)72-45-40(32(58)25(56)21-68-45)74-46-41(37(63)34(60)27(20-55)71-46)73-43-38(64)35(61)31(57)23(2)69-43/h9,22-23,25-46,54-65,67H,10-21H2,1-8H3/t22-,23-,25-,26+,27+,28-,29+,30-,31-,32-,33+,34+,35+,36-,37-,38+,39+,40+,41+,42+,43-,44-,45-,46-,49-,50+,51+,52+,53-/m0/s1. The molecule has 0 unspecified atom stereocenters. The van der Waals surface area contributed by atoms with E-state index in [0.29, 0.717) is 38.5 Å². The lowest BCUT2D eigenvalue weighted by atomic mass is 9.33. The second kappa shape index (κ2) is 20.7. The van der Waals surface area contributed by atoms with Crippen LogP contribution in [-0.2, 0) is 42.7 Å². The molecule has 22 heteroatoms. The molecule has 8 fully saturated rings. The second-order valence-electron chi connectivity index (χ2n) is 25.5. The average Bonchev–Trinajstić information content (AvgIpc) is 3.38. The van der Waals surface area contributed by atoms with Crippen molar-refractivity contribution in [3.8, 4) is 0 Å². The maximum Gasteiger partial charge on any atom is 0.315 e. The largest absolute Gasteiger partial charge is 0.432 e. The molecule has 0 aromatic rings. The Morgan fingerprint density at radius 1 is 0.613 bits per heavy atom. The van der Waals surface area contributed by atoms with Crippen molar-refractivity contribution in [2.45, 2.75) is 242 Å². The molecule has 0 aromatic heterocycles. The van der Waals surface area contributed by atoms with Gasteiger partial charge in [0, 0.05) is 5.92 Å². The molecule has 5 aliphatic carbocycles. The van der Waals surface area contributed by atoms with Crippen LogP contribution in [0.15, 0.2) is 11.6 Å². The SMILES string of the molecule is C[C@@H]1O[C@@H](O[C@H]2[C@H](O[C@H]3[C@H](O[C@H]4CC[C@]5(C)[C@H]6CC=C7[C@H]8[C@](C(=O)O[C@@H]9O[C@H](CO)[C@@H](O)[C@H](O)[C@H]9O)(CC[C@H](C)[C@@]8(C)O)CC[C@@]7(C)[C@]6(C)CC[C@H]5C4(C)C)OC[C@H](O)[C@@H]3O)O[C@H](CO)[C@@H](O)[C@@H]2O)[C@H](O)[C@H](O)[C@H]1O. The van der Waals surface area contributed by atoms with E-state index < -0.39 is 170 Å². The monoisotopic (exact) mass is 1070 g/mol. The molecular formula is C53H86O22. The van der Waals surface area contributed by atoms with Crippen LogP contribution in [0.5, 0.6) is 0 Å². The number of esters is 1. The van der Waals surface area contributed by atoms with E-state index in [9.17, 15) is 71.2 Å². The van der Waals surface area contributed by atoms with Gasteiger partial charge in [0.05, 0.1) is 43.0 Å². The number of allylic oxidation sites excluding steroid dienone is 1. The number of carbonyl (C=O) groups is 1. The molecule has 4 aliphatic heterocycles. The normalized spacial score (nSPS) is 55.8.